The van der Waals surface area contributed by atoms with Crippen LogP contribution in [-0.2, 0) is 26.2 Å². The van der Waals surface area contributed by atoms with Crippen molar-refractivity contribution in [1.82, 2.24) is 9.80 Å². The average Bonchev–Trinajstić information content (AvgIpc) is 2.67. The van der Waals surface area contributed by atoms with Crippen molar-refractivity contribution in [2.75, 3.05) is 59.8 Å². The minimum Gasteiger partial charge on any atom is -0.748 e. The van der Waals surface area contributed by atoms with Gasteiger partial charge in [-0.05, 0) is 6.07 Å². The quantitative estimate of drug-likeness (QED) is 0.204. The van der Waals surface area contributed by atoms with Crippen LogP contribution < -0.4 is 43.8 Å². The van der Waals surface area contributed by atoms with E-state index in [1.807, 2.05) is 17.0 Å². The fourth-order valence-corrected chi connectivity index (χ4v) is 4.16. The third-order valence-corrected chi connectivity index (χ3v) is 5.61. The standard InChI is InChI=1S/C19H30N2O8S.Na/c1-14(22)29-16(13-30(23,24)25)12-21-9-7-20(8-10-21)11-15-5-6-17(26-2)19(28-4)18(15)27-3;/h5-6,16H,7-13H2,1-4H3,(H,23,24,25);/q;+1/p-1. The predicted octanol–water partition coefficient (Wildman–Crippen LogP) is -2.69. The van der Waals surface area contributed by atoms with Crippen molar-refractivity contribution >= 4 is 16.1 Å². The topological polar surface area (TPSA) is 118 Å². The van der Waals surface area contributed by atoms with Crippen molar-refractivity contribution in [3.63, 3.8) is 0 Å². The Morgan fingerprint density at radius 1 is 1.03 bits per heavy atom. The first-order valence-electron chi connectivity index (χ1n) is 9.50. The molecule has 0 aliphatic carbocycles. The van der Waals surface area contributed by atoms with Crippen LogP contribution in [0.25, 0.3) is 0 Å². The minimum absolute atomic E-state index is 0. The Morgan fingerprint density at radius 2 is 1.61 bits per heavy atom. The molecule has 1 atom stereocenters. The molecule has 1 fully saturated rings. The van der Waals surface area contributed by atoms with Crippen LogP contribution in [-0.4, -0.2) is 94.6 Å². The Labute approximate surface area is 205 Å². The number of methoxy groups -OCH3 is 3. The first kappa shape index (κ1) is 28.0. The van der Waals surface area contributed by atoms with Crippen molar-refractivity contribution in [3.05, 3.63) is 17.7 Å². The zero-order valence-corrected chi connectivity index (χ0v) is 21.6. The van der Waals surface area contributed by atoms with Crippen LogP contribution in [0.15, 0.2) is 12.1 Å². The van der Waals surface area contributed by atoms with Gasteiger partial charge in [-0.3, -0.25) is 14.6 Å². The molecule has 1 aliphatic rings. The summed E-state index contributed by atoms with van der Waals surface area (Å²) >= 11 is 0. The predicted molar refractivity (Wildman–Crippen MR) is 108 cm³/mol. The number of nitrogens with zero attached hydrogens (tertiary/aromatic N) is 2. The van der Waals surface area contributed by atoms with E-state index in [-0.39, 0.29) is 36.1 Å². The molecule has 1 aromatic rings. The first-order valence-corrected chi connectivity index (χ1v) is 11.1. The smallest absolute Gasteiger partial charge is 0.748 e. The van der Waals surface area contributed by atoms with Gasteiger partial charge in [0.05, 0.1) is 37.2 Å². The Bertz CT molecular complexity index is 828. The molecule has 2 rings (SSSR count). The molecule has 0 N–H and O–H groups in total. The van der Waals surface area contributed by atoms with Crippen LogP contribution in [0.3, 0.4) is 0 Å². The third-order valence-electron chi connectivity index (χ3n) is 4.83. The van der Waals surface area contributed by atoms with E-state index >= 15 is 0 Å². The number of esters is 1. The van der Waals surface area contributed by atoms with Gasteiger partial charge in [-0.15, -0.1) is 0 Å². The molecule has 31 heavy (non-hydrogen) atoms. The molecule has 10 nitrogen and oxygen atoms in total. The van der Waals surface area contributed by atoms with Gasteiger partial charge in [-0.25, -0.2) is 8.42 Å². The van der Waals surface area contributed by atoms with Crippen LogP contribution in [0.2, 0.25) is 0 Å². The van der Waals surface area contributed by atoms with Crippen molar-refractivity contribution in [2.24, 2.45) is 0 Å². The van der Waals surface area contributed by atoms with Gasteiger partial charge in [0.2, 0.25) is 5.75 Å². The van der Waals surface area contributed by atoms with Crippen molar-refractivity contribution in [3.8, 4) is 17.2 Å². The largest absolute Gasteiger partial charge is 1.00 e. The summed E-state index contributed by atoms with van der Waals surface area (Å²) < 4.78 is 54.5. The second kappa shape index (κ2) is 12.8. The Morgan fingerprint density at radius 3 is 2.10 bits per heavy atom. The number of hydrogen-bond acceptors (Lipinski definition) is 10. The zero-order valence-electron chi connectivity index (χ0n) is 18.8. The summed E-state index contributed by atoms with van der Waals surface area (Å²) in [6.07, 6.45) is -0.970. The number of hydrogen-bond donors (Lipinski definition) is 0. The van der Waals surface area contributed by atoms with Gasteiger partial charge in [0.15, 0.2) is 11.5 Å². The fourth-order valence-electron chi connectivity index (χ4n) is 3.53. The van der Waals surface area contributed by atoms with Gasteiger partial charge in [0.25, 0.3) is 0 Å². The normalized spacial score (nSPS) is 16.2. The summed E-state index contributed by atoms with van der Waals surface area (Å²) in [5.74, 6) is 0.417. The Hall–Kier alpha value is -1.08. The molecule has 1 aromatic carbocycles. The number of carbonyl (C=O) groups is 1. The number of piperazine rings is 1. The van der Waals surface area contributed by atoms with Gasteiger partial charge >= 0.3 is 35.5 Å². The molecule has 12 heteroatoms. The number of ether oxygens (including phenoxy) is 4. The van der Waals surface area contributed by atoms with Gasteiger partial charge in [-0.2, -0.15) is 0 Å². The van der Waals surface area contributed by atoms with E-state index in [0.29, 0.717) is 50.0 Å². The van der Waals surface area contributed by atoms with E-state index in [0.717, 1.165) is 5.56 Å². The maximum absolute atomic E-state index is 11.2. The van der Waals surface area contributed by atoms with Crippen LogP contribution in [0.4, 0.5) is 0 Å². The Kier molecular flexibility index (Phi) is 11.6. The van der Waals surface area contributed by atoms with Crippen molar-refractivity contribution < 1.29 is 66.3 Å². The molecule has 170 valence electrons. The molecule has 1 aliphatic heterocycles. The summed E-state index contributed by atoms with van der Waals surface area (Å²) in [5, 5.41) is 0. The van der Waals surface area contributed by atoms with Crippen LogP contribution >= 0.6 is 0 Å². The molecular weight excluding hydrogens is 439 g/mol. The summed E-state index contributed by atoms with van der Waals surface area (Å²) in [4.78, 5) is 15.4. The third kappa shape index (κ3) is 8.76. The van der Waals surface area contributed by atoms with Crippen LogP contribution in [0.5, 0.6) is 17.2 Å². The van der Waals surface area contributed by atoms with E-state index in [1.54, 1.807) is 21.3 Å². The van der Waals surface area contributed by atoms with Gasteiger partial charge in [0, 0.05) is 51.8 Å². The van der Waals surface area contributed by atoms with Gasteiger partial charge in [-0.1, -0.05) is 6.07 Å². The number of rotatable bonds is 10. The Balaban J connectivity index is 0.00000480. The number of carbonyl (C=O) groups excluding carboxylic acids is 1. The molecule has 0 saturated carbocycles. The molecule has 0 radical (unpaired) electrons. The molecule has 0 aromatic heterocycles. The van der Waals surface area contributed by atoms with Crippen LogP contribution in [0.1, 0.15) is 12.5 Å². The van der Waals surface area contributed by atoms with Crippen molar-refractivity contribution in [1.29, 1.82) is 0 Å². The second-order valence-electron chi connectivity index (χ2n) is 7.03. The molecule has 0 spiro atoms. The van der Waals surface area contributed by atoms with E-state index < -0.39 is 27.9 Å². The van der Waals surface area contributed by atoms with E-state index in [9.17, 15) is 17.8 Å². The summed E-state index contributed by atoms with van der Waals surface area (Å²) in [7, 11) is 0.217. The summed E-state index contributed by atoms with van der Waals surface area (Å²) in [6, 6.07) is 3.77. The maximum Gasteiger partial charge on any atom is 1.00 e. The zero-order chi connectivity index (χ0) is 22.3. The van der Waals surface area contributed by atoms with Crippen molar-refractivity contribution in [2.45, 2.75) is 19.6 Å². The van der Waals surface area contributed by atoms with E-state index in [1.165, 1.54) is 6.92 Å². The molecule has 1 heterocycles. The minimum atomic E-state index is -4.49. The molecule has 0 bridgehead atoms. The first-order chi connectivity index (χ1) is 14.2. The molecule has 1 saturated heterocycles. The monoisotopic (exact) mass is 468 g/mol. The fraction of sp³-hybridized carbons (Fsp3) is 0.632. The van der Waals surface area contributed by atoms with Crippen LogP contribution in [0, 0.1) is 0 Å². The van der Waals surface area contributed by atoms with Gasteiger partial charge in [0.1, 0.15) is 6.10 Å². The SMILES string of the molecule is COc1ccc(CN2CCN(CC(CS(=O)(=O)[O-])OC(C)=O)CC2)c(OC)c1OC.[Na+]. The molecule has 0 amide bonds. The summed E-state index contributed by atoms with van der Waals surface area (Å²) in [5.41, 5.74) is 0.957. The van der Waals surface area contributed by atoms with E-state index in [4.69, 9.17) is 18.9 Å². The number of benzene rings is 1. The van der Waals surface area contributed by atoms with Gasteiger partial charge < -0.3 is 23.5 Å². The molecular formula is C19H29N2NaO8S. The van der Waals surface area contributed by atoms with E-state index in [2.05, 4.69) is 4.90 Å². The average molecular weight is 469 g/mol. The second-order valence-corrected chi connectivity index (χ2v) is 8.47. The molecule has 1 unspecified atom stereocenters. The maximum atomic E-state index is 11.2. The summed E-state index contributed by atoms with van der Waals surface area (Å²) in [6.45, 7) is 4.76.